The summed E-state index contributed by atoms with van der Waals surface area (Å²) < 4.78 is 0.930. The van der Waals surface area contributed by atoms with E-state index in [1.807, 2.05) is 13.0 Å². The summed E-state index contributed by atoms with van der Waals surface area (Å²) in [7, 11) is 0. The maximum Gasteiger partial charge on any atom is 0.346 e. The Kier molecular flexibility index (Phi) is 1.93. The number of carbonyl (C=O) groups is 1. The summed E-state index contributed by atoms with van der Waals surface area (Å²) in [6, 6.07) is 5.45. The summed E-state index contributed by atoms with van der Waals surface area (Å²) in [5, 5.41) is 9.89. The van der Waals surface area contributed by atoms with Gasteiger partial charge in [-0.25, -0.2) is 4.79 Å². The van der Waals surface area contributed by atoms with Crippen molar-refractivity contribution in [2.75, 3.05) is 5.73 Å². The topological polar surface area (TPSA) is 63.3 Å². The molecule has 0 aliphatic carbocycles. The van der Waals surface area contributed by atoms with Gasteiger partial charge in [-0.1, -0.05) is 6.07 Å². The van der Waals surface area contributed by atoms with Crippen LogP contribution in [0.15, 0.2) is 18.2 Å². The Morgan fingerprint density at radius 1 is 1.50 bits per heavy atom. The van der Waals surface area contributed by atoms with Gasteiger partial charge in [-0.3, -0.25) is 0 Å². The first-order valence-electron chi connectivity index (χ1n) is 4.11. The average molecular weight is 207 g/mol. The maximum atomic E-state index is 10.9. The summed E-state index contributed by atoms with van der Waals surface area (Å²) in [4.78, 5) is 11.2. The Bertz CT molecular complexity index is 516. The van der Waals surface area contributed by atoms with Crippen molar-refractivity contribution >= 4 is 33.1 Å². The van der Waals surface area contributed by atoms with E-state index in [-0.39, 0.29) is 0 Å². The van der Waals surface area contributed by atoms with Crippen LogP contribution in [0.5, 0.6) is 0 Å². The molecule has 0 aliphatic rings. The normalized spacial score (nSPS) is 10.6. The minimum absolute atomic E-state index is 0.394. The molecule has 1 aromatic carbocycles. The van der Waals surface area contributed by atoms with Crippen molar-refractivity contribution in [2.24, 2.45) is 0 Å². The first-order chi connectivity index (χ1) is 6.59. The second-order valence-electron chi connectivity index (χ2n) is 3.12. The molecule has 0 unspecified atom stereocenters. The van der Waals surface area contributed by atoms with Crippen molar-refractivity contribution in [3.63, 3.8) is 0 Å². The van der Waals surface area contributed by atoms with Crippen molar-refractivity contribution in [2.45, 2.75) is 6.92 Å². The lowest BCUT2D eigenvalue weighted by molar-refractivity contribution is 0.0701. The lowest BCUT2D eigenvalue weighted by atomic mass is 10.1. The van der Waals surface area contributed by atoms with E-state index in [1.165, 1.54) is 11.3 Å². The van der Waals surface area contributed by atoms with Gasteiger partial charge in [0, 0.05) is 10.4 Å². The third-order valence-corrected chi connectivity index (χ3v) is 3.40. The van der Waals surface area contributed by atoms with E-state index in [2.05, 4.69) is 0 Å². The van der Waals surface area contributed by atoms with Crippen LogP contribution in [-0.2, 0) is 0 Å². The third kappa shape index (κ3) is 1.24. The van der Waals surface area contributed by atoms with Crippen LogP contribution in [0.1, 0.15) is 15.2 Å². The number of nitrogen functional groups attached to an aromatic ring is 1. The van der Waals surface area contributed by atoms with Crippen molar-refractivity contribution in [1.82, 2.24) is 0 Å². The Hall–Kier alpha value is -1.55. The van der Waals surface area contributed by atoms with E-state index in [1.54, 1.807) is 12.1 Å². The highest BCUT2D eigenvalue weighted by molar-refractivity contribution is 7.21. The fraction of sp³-hybridized carbons (Fsp3) is 0.100. The van der Waals surface area contributed by atoms with Gasteiger partial charge in [-0.2, -0.15) is 0 Å². The lowest BCUT2D eigenvalue weighted by Crippen LogP contribution is -1.93. The van der Waals surface area contributed by atoms with Gasteiger partial charge in [0.05, 0.1) is 0 Å². The molecule has 3 nitrogen and oxygen atoms in total. The molecule has 0 fully saturated rings. The molecule has 0 atom stereocenters. The molecule has 0 saturated heterocycles. The summed E-state index contributed by atoms with van der Waals surface area (Å²) in [5.74, 6) is -0.873. The highest BCUT2D eigenvalue weighted by atomic mass is 32.1. The second kappa shape index (κ2) is 2.99. The van der Waals surface area contributed by atoms with Gasteiger partial charge < -0.3 is 10.8 Å². The number of nitrogens with two attached hydrogens (primary N) is 1. The number of thiophene rings is 1. The monoisotopic (exact) mass is 207 g/mol. The predicted molar refractivity (Wildman–Crippen MR) is 57.9 cm³/mol. The van der Waals surface area contributed by atoms with Crippen LogP contribution in [-0.4, -0.2) is 11.1 Å². The molecule has 2 aromatic rings. The molecule has 3 N–H and O–H groups in total. The first kappa shape index (κ1) is 9.02. The van der Waals surface area contributed by atoms with Gasteiger partial charge >= 0.3 is 5.97 Å². The molecule has 0 bridgehead atoms. The van der Waals surface area contributed by atoms with Gasteiger partial charge in [0.2, 0.25) is 0 Å². The molecule has 2 rings (SSSR count). The minimum Gasteiger partial charge on any atom is -0.477 e. The van der Waals surface area contributed by atoms with Crippen LogP contribution in [0.2, 0.25) is 0 Å². The van der Waals surface area contributed by atoms with E-state index in [9.17, 15) is 4.79 Å². The second-order valence-corrected chi connectivity index (χ2v) is 4.17. The summed E-state index contributed by atoms with van der Waals surface area (Å²) in [6.45, 7) is 1.82. The number of fused-ring (bicyclic) bond motifs is 1. The number of aromatic carboxylic acids is 1. The van der Waals surface area contributed by atoms with Crippen molar-refractivity contribution < 1.29 is 9.90 Å². The van der Waals surface area contributed by atoms with Crippen LogP contribution in [0.4, 0.5) is 5.69 Å². The van der Waals surface area contributed by atoms with Crippen molar-refractivity contribution in [3.8, 4) is 0 Å². The summed E-state index contributed by atoms with van der Waals surface area (Å²) >= 11 is 1.27. The Balaban J connectivity index is 2.79. The number of anilines is 1. The van der Waals surface area contributed by atoms with E-state index < -0.39 is 5.97 Å². The van der Waals surface area contributed by atoms with E-state index in [0.717, 1.165) is 15.6 Å². The Morgan fingerprint density at radius 2 is 2.21 bits per heavy atom. The molecule has 0 aliphatic heterocycles. The predicted octanol–water partition coefficient (Wildman–Crippen LogP) is 2.49. The number of benzene rings is 1. The SMILES string of the molecule is Cc1c(C(=O)O)sc2cc(N)ccc12. The largest absolute Gasteiger partial charge is 0.477 e. The molecular formula is C10H9NO2S. The maximum absolute atomic E-state index is 10.9. The molecule has 0 saturated carbocycles. The fourth-order valence-electron chi connectivity index (χ4n) is 1.45. The van der Waals surface area contributed by atoms with Gasteiger partial charge in [0.25, 0.3) is 0 Å². The van der Waals surface area contributed by atoms with E-state index >= 15 is 0 Å². The molecule has 4 heteroatoms. The third-order valence-electron chi connectivity index (χ3n) is 2.16. The molecular weight excluding hydrogens is 198 g/mol. The highest BCUT2D eigenvalue weighted by Crippen LogP contribution is 2.31. The number of hydrogen-bond donors (Lipinski definition) is 2. The van der Waals surface area contributed by atoms with Crippen LogP contribution in [0.25, 0.3) is 10.1 Å². The molecule has 1 heterocycles. The zero-order chi connectivity index (χ0) is 10.3. The zero-order valence-electron chi connectivity index (χ0n) is 7.57. The molecule has 0 amide bonds. The summed E-state index contributed by atoms with van der Waals surface area (Å²) in [5.41, 5.74) is 7.10. The van der Waals surface area contributed by atoms with Crippen LogP contribution in [0.3, 0.4) is 0 Å². The molecule has 0 spiro atoms. The van der Waals surface area contributed by atoms with E-state index in [0.29, 0.717) is 10.6 Å². The fourth-order valence-corrected chi connectivity index (χ4v) is 2.54. The molecule has 14 heavy (non-hydrogen) atoms. The quantitative estimate of drug-likeness (QED) is 0.706. The van der Waals surface area contributed by atoms with Crippen LogP contribution in [0, 0.1) is 6.92 Å². The number of rotatable bonds is 1. The number of hydrogen-bond acceptors (Lipinski definition) is 3. The molecule has 72 valence electrons. The van der Waals surface area contributed by atoms with Crippen molar-refractivity contribution in [1.29, 1.82) is 0 Å². The van der Waals surface area contributed by atoms with Gasteiger partial charge in [0.15, 0.2) is 0 Å². The van der Waals surface area contributed by atoms with Crippen LogP contribution < -0.4 is 5.73 Å². The zero-order valence-corrected chi connectivity index (χ0v) is 8.39. The number of carboxylic acid groups (broad SMARTS) is 1. The highest BCUT2D eigenvalue weighted by Gasteiger charge is 2.13. The number of carboxylic acids is 1. The number of aryl methyl sites for hydroxylation is 1. The standard InChI is InChI=1S/C10H9NO2S/c1-5-7-3-2-6(11)4-8(7)14-9(5)10(12)13/h2-4H,11H2,1H3,(H,12,13). The van der Waals surface area contributed by atoms with Gasteiger partial charge in [0.1, 0.15) is 4.88 Å². The van der Waals surface area contributed by atoms with Crippen molar-refractivity contribution in [3.05, 3.63) is 28.6 Å². The van der Waals surface area contributed by atoms with Gasteiger partial charge in [-0.15, -0.1) is 11.3 Å². The first-order valence-corrected chi connectivity index (χ1v) is 4.93. The van der Waals surface area contributed by atoms with E-state index in [4.69, 9.17) is 10.8 Å². The minimum atomic E-state index is -0.873. The van der Waals surface area contributed by atoms with Gasteiger partial charge in [-0.05, 0) is 30.0 Å². The average Bonchev–Trinajstić information content (AvgIpc) is 2.43. The smallest absolute Gasteiger partial charge is 0.346 e. The molecule has 1 aromatic heterocycles. The Labute approximate surface area is 84.8 Å². The van der Waals surface area contributed by atoms with Crippen LogP contribution >= 0.6 is 11.3 Å². The molecule has 0 radical (unpaired) electrons. The summed E-state index contributed by atoms with van der Waals surface area (Å²) in [6.07, 6.45) is 0. The lowest BCUT2D eigenvalue weighted by Gasteiger charge is -1.93. The Morgan fingerprint density at radius 3 is 2.86 bits per heavy atom.